The summed E-state index contributed by atoms with van der Waals surface area (Å²) in [5.41, 5.74) is 10.0. The number of nitrogens with zero attached hydrogens (tertiary/aromatic N) is 5. The van der Waals surface area contributed by atoms with Crippen LogP contribution in [0.15, 0.2) is 57.6 Å². The molecule has 0 spiro atoms. The van der Waals surface area contributed by atoms with E-state index in [2.05, 4.69) is 15.5 Å². The van der Waals surface area contributed by atoms with Crippen molar-refractivity contribution >= 4 is 51.7 Å². The molecule has 4 aliphatic rings. The lowest BCUT2D eigenvalue weighted by Crippen LogP contribution is -2.96. The summed E-state index contributed by atoms with van der Waals surface area (Å²) in [5.74, 6) is -2.32. The Morgan fingerprint density at radius 1 is 1.44 bits per heavy atom. The number of nitrogen functional groups attached to an aromatic ring is 1. The highest BCUT2D eigenvalue weighted by Crippen LogP contribution is 2.40. The number of rotatable bonds is 7. The van der Waals surface area contributed by atoms with Gasteiger partial charge in [-0.3, -0.25) is 14.5 Å². The molecule has 0 aromatic carbocycles. The number of hydrogen-bond donors (Lipinski definition) is 3. The van der Waals surface area contributed by atoms with Crippen molar-refractivity contribution < 1.29 is 29.9 Å². The lowest BCUT2D eigenvalue weighted by molar-refractivity contribution is -0.885. The number of carboxylic acids is 1. The molecule has 2 atom stereocenters. The van der Waals surface area contributed by atoms with E-state index in [4.69, 9.17) is 10.6 Å². The second kappa shape index (κ2) is 9.33. The number of quaternary nitrogens is 1. The predicted molar refractivity (Wildman–Crippen MR) is 129 cm³/mol. The number of thioether (sulfide) groups is 1. The van der Waals surface area contributed by atoms with Crippen molar-refractivity contribution in [1.82, 2.24) is 25.2 Å². The fraction of sp³-hybridized carbons (Fsp3) is 0.286. The van der Waals surface area contributed by atoms with E-state index in [1.54, 1.807) is 5.38 Å². The fourth-order valence-corrected chi connectivity index (χ4v) is 6.10. The number of anilines is 1. The molecule has 5 heterocycles. The van der Waals surface area contributed by atoms with Gasteiger partial charge < -0.3 is 25.8 Å². The summed E-state index contributed by atoms with van der Waals surface area (Å²) in [7, 11) is 1.28. The van der Waals surface area contributed by atoms with Gasteiger partial charge in [-0.15, -0.1) is 28.6 Å². The van der Waals surface area contributed by atoms with Crippen molar-refractivity contribution in [1.29, 1.82) is 0 Å². The highest BCUT2D eigenvalue weighted by Gasteiger charge is 2.53. The number of thiazole rings is 1. The number of aromatic nitrogens is 1. The number of oxime groups is 1. The van der Waals surface area contributed by atoms with Crippen LogP contribution in [-0.2, 0) is 19.2 Å². The third kappa shape index (κ3) is 4.20. The van der Waals surface area contributed by atoms with Gasteiger partial charge >= 0.3 is 0 Å². The summed E-state index contributed by atoms with van der Waals surface area (Å²) in [4.78, 5) is 47.9. The zero-order chi connectivity index (χ0) is 25.6. The monoisotopic (exact) mass is 530 g/mol. The highest BCUT2D eigenvalue weighted by atomic mass is 32.2. The molecule has 1 fully saturated rings. The van der Waals surface area contributed by atoms with Gasteiger partial charge in [-0.05, 0) is 30.2 Å². The Morgan fingerprint density at radius 3 is 2.94 bits per heavy atom. The van der Waals surface area contributed by atoms with Crippen molar-refractivity contribution in [3.63, 3.8) is 0 Å². The van der Waals surface area contributed by atoms with Crippen LogP contribution in [0.1, 0.15) is 12.6 Å². The van der Waals surface area contributed by atoms with Gasteiger partial charge in [-0.1, -0.05) is 5.16 Å². The van der Waals surface area contributed by atoms with Gasteiger partial charge in [0.25, 0.3) is 11.8 Å². The van der Waals surface area contributed by atoms with Crippen LogP contribution in [0.25, 0.3) is 0 Å². The third-order valence-electron chi connectivity index (χ3n) is 5.81. The molecule has 0 bridgehead atoms. The van der Waals surface area contributed by atoms with Crippen molar-refractivity contribution in [3.05, 3.63) is 58.2 Å². The molecular weight excluding hydrogens is 508 g/mol. The van der Waals surface area contributed by atoms with Crippen molar-refractivity contribution in [2.75, 3.05) is 25.1 Å². The van der Waals surface area contributed by atoms with E-state index in [-0.39, 0.29) is 28.8 Å². The zero-order valence-electron chi connectivity index (χ0n) is 19.2. The first-order valence-electron chi connectivity index (χ1n) is 10.8. The fourth-order valence-electron chi connectivity index (χ4n) is 4.21. The number of β-lactam (4-membered cyclic amide) rings is 1. The molecule has 2 amide bonds. The first-order chi connectivity index (χ1) is 17.3. The number of allylic oxidation sites excluding steroid dienone is 3. The minimum Gasteiger partial charge on any atom is -0.543 e. The Bertz CT molecular complexity index is 1300. The highest BCUT2D eigenvalue weighted by molar-refractivity contribution is 8.00. The van der Waals surface area contributed by atoms with Gasteiger partial charge in [0.15, 0.2) is 10.8 Å². The zero-order valence-corrected chi connectivity index (χ0v) is 20.8. The molecule has 4 aliphatic heterocycles. The Hall–Kier alpha value is -3.82. The van der Waals surface area contributed by atoms with Crippen LogP contribution < -0.4 is 21.7 Å². The van der Waals surface area contributed by atoms with Gasteiger partial charge in [0.05, 0.1) is 30.6 Å². The summed E-state index contributed by atoms with van der Waals surface area (Å²) in [5, 5.41) is 23.4. The summed E-state index contributed by atoms with van der Waals surface area (Å²) < 4.78 is 0. The molecule has 1 aromatic rings. The molecule has 0 aliphatic carbocycles. The van der Waals surface area contributed by atoms with Gasteiger partial charge in [-0.25, -0.2) is 9.99 Å². The number of nitrogens with one attached hydrogen (secondary N) is 1. The van der Waals surface area contributed by atoms with Gasteiger partial charge in [0.1, 0.15) is 29.9 Å². The van der Waals surface area contributed by atoms with E-state index in [1.807, 2.05) is 47.0 Å². The van der Waals surface area contributed by atoms with E-state index >= 15 is 0 Å². The first kappa shape index (κ1) is 23.9. The number of hydrogen-bond acceptors (Lipinski definition) is 12. The topological polar surface area (TPSA) is 173 Å². The first-order valence-corrected chi connectivity index (χ1v) is 12.7. The molecule has 1 saturated heterocycles. The SMILES string of the molecule is CO/N=C(/C(=O)N[C@@H]1C(=O)N2C(C(=O)[O-])=C(CN3C=C4C=C(C)C=CN4[NH2+]3)CS[C@H]12)c1csc(N)n1. The maximum atomic E-state index is 13.0. The number of fused-ring (bicyclic) bond motifs is 2. The van der Waals surface area contributed by atoms with Crippen molar-refractivity contribution in [3.8, 4) is 0 Å². The van der Waals surface area contributed by atoms with Crippen molar-refractivity contribution in [2.24, 2.45) is 5.16 Å². The van der Waals surface area contributed by atoms with Gasteiger partial charge in [0, 0.05) is 11.1 Å². The molecule has 1 aromatic heterocycles. The number of carbonyl (C=O) groups excluding carboxylic acids is 3. The minimum atomic E-state index is -1.44. The average molecular weight is 531 g/mol. The summed E-state index contributed by atoms with van der Waals surface area (Å²) in [6.45, 7) is 2.27. The molecule has 0 unspecified atom stereocenters. The molecule has 36 heavy (non-hydrogen) atoms. The minimum absolute atomic E-state index is 0.138. The third-order valence-corrected chi connectivity index (χ3v) is 7.82. The van der Waals surface area contributed by atoms with E-state index in [9.17, 15) is 19.5 Å². The standard InChI is InChI=1S/C21H22N8O5S2/c1-10-3-4-28-12(5-10)7-27(26-28)6-11-8-35-19-15(18(31)29(19)16(11)20(32)33)24-17(30)14(25-34-2)13-9-36-21(22)23-13/h3-5,7,9,15,19,26H,6,8H2,1-2H3,(H2,22,23)(H,24,30)(H,32,33)/b25-14+/t15-,19-/m1/s1. The summed E-state index contributed by atoms with van der Waals surface area (Å²) in [6.07, 6.45) is 7.83. The van der Waals surface area contributed by atoms with E-state index in [1.165, 1.54) is 23.8 Å². The van der Waals surface area contributed by atoms with E-state index in [0.717, 1.165) is 22.6 Å². The molecular formula is C21H22N8O5S2. The van der Waals surface area contributed by atoms with Gasteiger partial charge in [0.2, 0.25) is 0 Å². The van der Waals surface area contributed by atoms with Crippen LogP contribution in [0.2, 0.25) is 0 Å². The molecule has 13 nitrogen and oxygen atoms in total. The van der Waals surface area contributed by atoms with Gasteiger partial charge in [-0.2, -0.15) is 5.01 Å². The number of carbonyl (C=O) groups is 3. The summed E-state index contributed by atoms with van der Waals surface area (Å²) >= 11 is 2.49. The second-order valence-corrected chi connectivity index (χ2v) is 10.2. The van der Waals surface area contributed by atoms with E-state index < -0.39 is 29.2 Å². The largest absolute Gasteiger partial charge is 0.543 e. The van der Waals surface area contributed by atoms with Crippen LogP contribution in [0.5, 0.6) is 0 Å². The second-order valence-electron chi connectivity index (χ2n) is 8.25. The van der Waals surface area contributed by atoms with Crippen LogP contribution in [0, 0.1) is 0 Å². The van der Waals surface area contributed by atoms with Crippen LogP contribution >= 0.6 is 23.1 Å². The molecule has 5 N–H and O–H groups in total. The number of carboxylic acid groups (broad SMARTS) is 1. The van der Waals surface area contributed by atoms with E-state index in [0.29, 0.717) is 11.3 Å². The normalized spacial score (nSPS) is 23.1. The smallest absolute Gasteiger partial charge is 0.276 e. The molecule has 188 valence electrons. The Kier molecular flexibility index (Phi) is 6.19. The molecule has 15 heteroatoms. The quantitative estimate of drug-likeness (QED) is 0.152. The Labute approximate surface area is 213 Å². The van der Waals surface area contributed by atoms with Crippen LogP contribution in [-0.4, -0.2) is 74.2 Å². The number of amides is 2. The molecule has 0 radical (unpaired) electrons. The maximum Gasteiger partial charge on any atom is 0.276 e. The molecule has 5 rings (SSSR count). The number of aliphatic carboxylic acids is 1. The summed E-state index contributed by atoms with van der Waals surface area (Å²) in [6, 6.07) is -0.941. The van der Waals surface area contributed by atoms with Crippen molar-refractivity contribution in [2.45, 2.75) is 18.3 Å². The lowest BCUT2D eigenvalue weighted by atomic mass is 10.0. The van der Waals surface area contributed by atoms with Crippen LogP contribution in [0.4, 0.5) is 5.13 Å². The lowest BCUT2D eigenvalue weighted by Gasteiger charge is -2.50. The maximum absolute atomic E-state index is 13.0. The number of nitrogens with two attached hydrogens (primary N) is 2. The molecule has 0 saturated carbocycles. The Balaban J connectivity index is 1.31. The predicted octanol–water partition coefficient (Wildman–Crippen LogP) is -2.19. The van der Waals surface area contributed by atoms with Crippen LogP contribution in [0.3, 0.4) is 0 Å². The average Bonchev–Trinajstić information content (AvgIpc) is 3.45. The Morgan fingerprint density at radius 2 is 2.25 bits per heavy atom.